The van der Waals surface area contributed by atoms with Crippen LogP contribution in [0.15, 0.2) is 18.2 Å². The molecular weight excluding hydrogens is 233 g/mol. The second-order valence-electron chi connectivity index (χ2n) is 4.53. The molecular formula is C14H20FNO2. The molecule has 1 unspecified atom stereocenters. The third-order valence-corrected chi connectivity index (χ3v) is 3.25. The Morgan fingerprint density at radius 2 is 2.39 bits per heavy atom. The van der Waals surface area contributed by atoms with Crippen LogP contribution in [0.25, 0.3) is 0 Å². The van der Waals surface area contributed by atoms with E-state index in [1.54, 1.807) is 18.2 Å². The van der Waals surface area contributed by atoms with Crippen molar-refractivity contribution in [3.63, 3.8) is 0 Å². The smallest absolute Gasteiger partial charge is 0.169 e. The van der Waals surface area contributed by atoms with Crippen molar-refractivity contribution in [2.24, 2.45) is 0 Å². The molecule has 1 saturated heterocycles. The summed E-state index contributed by atoms with van der Waals surface area (Å²) in [5, 5.41) is 3.25. The van der Waals surface area contributed by atoms with Crippen molar-refractivity contribution in [3.05, 3.63) is 29.6 Å². The number of rotatable bonds is 6. The molecule has 1 aromatic rings. The summed E-state index contributed by atoms with van der Waals surface area (Å²) in [4.78, 5) is 0. The van der Waals surface area contributed by atoms with Gasteiger partial charge in [-0.2, -0.15) is 0 Å². The number of halogens is 1. The first-order valence-corrected chi connectivity index (χ1v) is 6.45. The highest BCUT2D eigenvalue weighted by Gasteiger charge is 2.14. The third-order valence-electron chi connectivity index (χ3n) is 3.25. The van der Waals surface area contributed by atoms with Gasteiger partial charge in [0.05, 0.1) is 13.2 Å². The number of hydrogen-bond acceptors (Lipinski definition) is 3. The molecule has 4 heteroatoms. The second kappa shape index (κ2) is 6.71. The highest BCUT2D eigenvalue weighted by atomic mass is 19.1. The number of benzene rings is 1. The summed E-state index contributed by atoms with van der Waals surface area (Å²) in [6.07, 6.45) is 3.68. The van der Waals surface area contributed by atoms with Crippen molar-refractivity contribution >= 4 is 0 Å². The predicted octanol–water partition coefficient (Wildman–Crippen LogP) is 2.49. The molecule has 1 atom stereocenters. The standard InChI is InChI=1S/C14H20FNO2/c1-17-13-6-2-4-11(14(13)15)10-16-8-7-12-5-3-9-18-12/h2,4,6,12,16H,3,5,7-10H2,1H3. The average Bonchev–Trinajstić information content (AvgIpc) is 2.89. The van der Waals surface area contributed by atoms with E-state index in [1.807, 2.05) is 0 Å². The zero-order valence-electron chi connectivity index (χ0n) is 10.7. The molecule has 0 saturated carbocycles. The Morgan fingerprint density at radius 1 is 1.50 bits per heavy atom. The van der Waals surface area contributed by atoms with E-state index < -0.39 is 0 Å². The van der Waals surface area contributed by atoms with Gasteiger partial charge in [0.25, 0.3) is 0 Å². The number of hydrogen-bond donors (Lipinski definition) is 1. The Hall–Kier alpha value is -1.13. The minimum Gasteiger partial charge on any atom is -0.494 e. The molecule has 0 radical (unpaired) electrons. The number of ether oxygens (including phenoxy) is 2. The Labute approximate surface area is 107 Å². The fraction of sp³-hybridized carbons (Fsp3) is 0.571. The van der Waals surface area contributed by atoms with Gasteiger partial charge in [0, 0.05) is 18.7 Å². The SMILES string of the molecule is COc1cccc(CNCCC2CCCO2)c1F. The van der Waals surface area contributed by atoms with Crippen LogP contribution in [0.4, 0.5) is 4.39 Å². The van der Waals surface area contributed by atoms with Crippen LogP contribution in [0.1, 0.15) is 24.8 Å². The summed E-state index contributed by atoms with van der Waals surface area (Å²) in [6, 6.07) is 5.21. The van der Waals surface area contributed by atoms with E-state index in [9.17, 15) is 4.39 Å². The fourth-order valence-corrected chi connectivity index (χ4v) is 2.21. The van der Waals surface area contributed by atoms with Crippen LogP contribution in [0.3, 0.4) is 0 Å². The Morgan fingerprint density at radius 3 is 3.11 bits per heavy atom. The molecule has 18 heavy (non-hydrogen) atoms. The van der Waals surface area contributed by atoms with Crippen molar-refractivity contribution in [2.45, 2.75) is 31.9 Å². The van der Waals surface area contributed by atoms with E-state index in [4.69, 9.17) is 9.47 Å². The van der Waals surface area contributed by atoms with E-state index in [1.165, 1.54) is 7.11 Å². The topological polar surface area (TPSA) is 30.5 Å². The molecule has 1 aliphatic heterocycles. The quantitative estimate of drug-likeness (QED) is 0.790. The van der Waals surface area contributed by atoms with Gasteiger partial charge in [0.15, 0.2) is 11.6 Å². The second-order valence-corrected chi connectivity index (χ2v) is 4.53. The summed E-state index contributed by atoms with van der Waals surface area (Å²) in [6.45, 7) is 2.26. The molecule has 1 aromatic carbocycles. The van der Waals surface area contributed by atoms with Gasteiger partial charge in [-0.3, -0.25) is 0 Å². The van der Waals surface area contributed by atoms with Crippen molar-refractivity contribution in [1.29, 1.82) is 0 Å². The third kappa shape index (κ3) is 3.43. The predicted molar refractivity (Wildman–Crippen MR) is 68.2 cm³/mol. The van der Waals surface area contributed by atoms with Gasteiger partial charge in [0.1, 0.15) is 0 Å². The first-order chi connectivity index (χ1) is 8.81. The van der Waals surface area contributed by atoms with Gasteiger partial charge < -0.3 is 14.8 Å². The molecule has 0 aliphatic carbocycles. The largest absolute Gasteiger partial charge is 0.494 e. The van der Waals surface area contributed by atoms with Crippen molar-refractivity contribution in [2.75, 3.05) is 20.3 Å². The highest BCUT2D eigenvalue weighted by molar-refractivity contribution is 5.30. The average molecular weight is 253 g/mol. The van der Waals surface area contributed by atoms with Gasteiger partial charge in [-0.05, 0) is 31.9 Å². The minimum atomic E-state index is -0.274. The first kappa shape index (κ1) is 13.3. The van der Waals surface area contributed by atoms with Crippen LogP contribution in [0.2, 0.25) is 0 Å². The first-order valence-electron chi connectivity index (χ1n) is 6.45. The van der Waals surface area contributed by atoms with Crippen LogP contribution in [-0.2, 0) is 11.3 Å². The summed E-state index contributed by atoms with van der Waals surface area (Å²) < 4.78 is 24.3. The Balaban J connectivity index is 1.75. The minimum absolute atomic E-state index is 0.274. The molecule has 1 aliphatic rings. The monoisotopic (exact) mass is 253 g/mol. The molecule has 3 nitrogen and oxygen atoms in total. The van der Waals surface area contributed by atoms with E-state index in [0.717, 1.165) is 32.4 Å². The van der Waals surface area contributed by atoms with Crippen LogP contribution >= 0.6 is 0 Å². The molecule has 1 fully saturated rings. The maximum Gasteiger partial charge on any atom is 0.169 e. The van der Waals surface area contributed by atoms with Crippen LogP contribution in [-0.4, -0.2) is 26.4 Å². The van der Waals surface area contributed by atoms with Crippen LogP contribution < -0.4 is 10.1 Å². The van der Waals surface area contributed by atoms with Gasteiger partial charge in [0.2, 0.25) is 0 Å². The maximum atomic E-state index is 13.8. The molecule has 0 amide bonds. The lowest BCUT2D eigenvalue weighted by Crippen LogP contribution is -2.20. The maximum absolute atomic E-state index is 13.8. The van der Waals surface area contributed by atoms with Gasteiger partial charge in [-0.25, -0.2) is 4.39 Å². The zero-order valence-corrected chi connectivity index (χ0v) is 10.7. The lowest BCUT2D eigenvalue weighted by atomic mass is 10.1. The zero-order chi connectivity index (χ0) is 12.8. The van der Waals surface area contributed by atoms with Gasteiger partial charge in [-0.1, -0.05) is 12.1 Å². The van der Waals surface area contributed by atoms with Gasteiger partial charge in [-0.15, -0.1) is 0 Å². The summed E-state index contributed by atoms with van der Waals surface area (Å²) >= 11 is 0. The van der Waals surface area contributed by atoms with Crippen LogP contribution in [0, 0.1) is 5.82 Å². The highest BCUT2D eigenvalue weighted by Crippen LogP contribution is 2.20. The fourth-order valence-electron chi connectivity index (χ4n) is 2.21. The molecule has 1 N–H and O–H groups in total. The molecule has 0 bridgehead atoms. The van der Waals surface area contributed by atoms with Crippen molar-refractivity contribution in [1.82, 2.24) is 5.32 Å². The van der Waals surface area contributed by atoms with Crippen molar-refractivity contribution in [3.8, 4) is 5.75 Å². The Bertz CT molecular complexity index is 378. The van der Waals surface area contributed by atoms with E-state index >= 15 is 0 Å². The number of methoxy groups -OCH3 is 1. The summed E-state index contributed by atoms with van der Waals surface area (Å²) in [5.74, 6) is 0.0260. The molecule has 0 spiro atoms. The number of nitrogens with one attached hydrogen (secondary N) is 1. The summed E-state index contributed by atoms with van der Waals surface area (Å²) in [5.41, 5.74) is 0.640. The normalized spacial score (nSPS) is 19.1. The van der Waals surface area contributed by atoms with E-state index in [0.29, 0.717) is 24.0 Å². The molecule has 1 heterocycles. The molecule has 0 aromatic heterocycles. The van der Waals surface area contributed by atoms with Crippen molar-refractivity contribution < 1.29 is 13.9 Å². The van der Waals surface area contributed by atoms with E-state index in [-0.39, 0.29) is 5.82 Å². The van der Waals surface area contributed by atoms with Gasteiger partial charge >= 0.3 is 0 Å². The molecule has 100 valence electrons. The Kier molecular flexibility index (Phi) is 4.96. The lowest BCUT2D eigenvalue weighted by molar-refractivity contribution is 0.104. The summed E-state index contributed by atoms with van der Waals surface area (Å²) in [7, 11) is 1.48. The van der Waals surface area contributed by atoms with Crippen LogP contribution in [0.5, 0.6) is 5.75 Å². The van der Waals surface area contributed by atoms with E-state index in [2.05, 4.69) is 5.32 Å². The lowest BCUT2D eigenvalue weighted by Gasteiger charge is -2.11. The molecule has 2 rings (SSSR count).